The average molecular weight is 311 g/mol. The molecule has 4 heteroatoms. The minimum Gasteiger partial charge on any atom is -0.371 e. The van der Waals surface area contributed by atoms with Crippen molar-refractivity contribution in [2.75, 3.05) is 23.3 Å². The molecule has 0 atom stereocenters. The van der Waals surface area contributed by atoms with Gasteiger partial charge >= 0.3 is 0 Å². The summed E-state index contributed by atoms with van der Waals surface area (Å²) in [6, 6.07) is 18.7. The lowest BCUT2D eigenvalue weighted by Gasteiger charge is -2.19. The Morgan fingerprint density at radius 1 is 1.00 bits per heavy atom. The fraction of sp³-hybridized carbons (Fsp3) is 0.278. The minimum absolute atomic E-state index is 0.655. The summed E-state index contributed by atoms with van der Waals surface area (Å²) in [5.74, 6) is 0. The van der Waals surface area contributed by atoms with Gasteiger partial charge in [-0.1, -0.05) is 36.4 Å². The Kier molecular flexibility index (Phi) is 4.91. The van der Waals surface area contributed by atoms with Gasteiger partial charge < -0.3 is 15.5 Å². The molecule has 0 spiro atoms. The maximum Gasteiger partial charge on any atom is 0.171 e. The molecular formula is C18H21N3S. The summed E-state index contributed by atoms with van der Waals surface area (Å²) in [6.45, 7) is 3.04. The summed E-state index contributed by atoms with van der Waals surface area (Å²) in [7, 11) is 0. The molecular weight excluding hydrogens is 290 g/mol. The molecule has 3 nitrogen and oxygen atoms in total. The molecule has 114 valence electrons. The summed E-state index contributed by atoms with van der Waals surface area (Å²) < 4.78 is 0. The SMILES string of the molecule is S=C(NCc1ccccc1)Nc1cccc(N2CCCC2)c1. The lowest BCUT2D eigenvalue weighted by Crippen LogP contribution is -2.28. The zero-order valence-electron chi connectivity index (χ0n) is 12.6. The van der Waals surface area contributed by atoms with E-state index in [2.05, 4.69) is 51.9 Å². The third-order valence-corrected chi connectivity index (χ3v) is 4.12. The summed E-state index contributed by atoms with van der Waals surface area (Å²) in [5, 5.41) is 7.17. The second kappa shape index (κ2) is 7.27. The Morgan fingerprint density at radius 3 is 2.55 bits per heavy atom. The van der Waals surface area contributed by atoms with Crippen LogP contribution in [0.1, 0.15) is 18.4 Å². The first-order chi connectivity index (χ1) is 10.8. The largest absolute Gasteiger partial charge is 0.371 e. The number of anilines is 2. The quantitative estimate of drug-likeness (QED) is 0.841. The van der Waals surface area contributed by atoms with Gasteiger partial charge in [-0.15, -0.1) is 0 Å². The van der Waals surface area contributed by atoms with Crippen LogP contribution in [0.5, 0.6) is 0 Å². The Balaban J connectivity index is 1.56. The Hall–Kier alpha value is -2.07. The first kappa shape index (κ1) is 14.9. The van der Waals surface area contributed by atoms with Gasteiger partial charge in [0.1, 0.15) is 0 Å². The van der Waals surface area contributed by atoms with Crippen molar-refractivity contribution in [3.8, 4) is 0 Å². The first-order valence-corrected chi connectivity index (χ1v) is 8.16. The topological polar surface area (TPSA) is 27.3 Å². The van der Waals surface area contributed by atoms with E-state index in [-0.39, 0.29) is 0 Å². The zero-order valence-corrected chi connectivity index (χ0v) is 13.4. The molecule has 2 aromatic rings. The van der Waals surface area contributed by atoms with E-state index in [9.17, 15) is 0 Å². The van der Waals surface area contributed by atoms with E-state index in [0.717, 1.165) is 25.3 Å². The van der Waals surface area contributed by atoms with Crippen LogP contribution in [0.3, 0.4) is 0 Å². The zero-order chi connectivity index (χ0) is 15.2. The van der Waals surface area contributed by atoms with Gasteiger partial charge in [0, 0.05) is 31.0 Å². The van der Waals surface area contributed by atoms with E-state index >= 15 is 0 Å². The number of hydrogen-bond donors (Lipinski definition) is 2. The van der Waals surface area contributed by atoms with E-state index in [0.29, 0.717) is 5.11 Å². The van der Waals surface area contributed by atoms with Crippen molar-refractivity contribution >= 4 is 28.7 Å². The summed E-state index contributed by atoms with van der Waals surface area (Å²) in [5.41, 5.74) is 3.53. The lowest BCUT2D eigenvalue weighted by atomic mass is 10.2. The molecule has 0 aromatic heterocycles. The molecule has 1 aliphatic heterocycles. The van der Waals surface area contributed by atoms with E-state index in [1.165, 1.54) is 24.1 Å². The molecule has 1 aliphatic rings. The summed E-state index contributed by atoms with van der Waals surface area (Å²) in [6.07, 6.45) is 2.57. The summed E-state index contributed by atoms with van der Waals surface area (Å²) in [4.78, 5) is 2.42. The Bertz CT molecular complexity index is 621. The molecule has 0 radical (unpaired) electrons. The number of nitrogens with one attached hydrogen (secondary N) is 2. The van der Waals surface area contributed by atoms with Gasteiger partial charge in [-0.3, -0.25) is 0 Å². The highest BCUT2D eigenvalue weighted by molar-refractivity contribution is 7.80. The van der Waals surface area contributed by atoms with Crippen molar-refractivity contribution in [1.29, 1.82) is 0 Å². The molecule has 1 heterocycles. The molecule has 3 rings (SSSR count). The van der Waals surface area contributed by atoms with Crippen molar-refractivity contribution in [1.82, 2.24) is 5.32 Å². The number of nitrogens with zero attached hydrogens (tertiary/aromatic N) is 1. The van der Waals surface area contributed by atoms with Crippen LogP contribution in [-0.4, -0.2) is 18.2 Å². The van der Waals surface area contributed by atoms with Crippen molar-refractivity contribution in [2.24, 2.45) is 0 Å². The van der Waals surface area contributed by atoms with Crippen molar-refractivity contribution in [3.63, 3.8) is 0 Å². The predicted octanol–water partition coefficient (Wildman–Crippen LogP) is 3.77. The van der Waals surface area contributed by atoms with E-state index < -0.39 is 0 Å². The first-order valence-electron chi connectivity index (χ1n) is 7.75. The second-order valence-corrected chi connectivity index (χ2v) is 5.95. The number of hydrogen-bond acceptors (Lipinski definition) is 2. The molecule has 0 amide bonds. The van der Waals surface area contributed by atoms with Crippen molar-refractivity contribution < 1.29 is 0 Å². The molecule has 2 aromatic carbocycles. The Morgan fingerprint density at radius 2 is 1.77 bits per heavy atom. The third kappa shape index (κ3) is 3.98. The highest BCUT2D eigenvalue weighted by Crippen LogP contribution is 2.23. The van der Waals surface area contributed by atoms with Crippen LogP contribution in [-0.2, 0) is 6.54 Å². The molecule has 0 aliphatic carbocycles. The second-order valence-electron chi connectivity index (χ2n) is 5.54. The van der Waals surface area contributed by atoms with Gasteiger partial charge in [-0.25, -0.2) is 0 Å². The van der Waals surface area contributed by atoms with Gasteiger partial charge in [0.05, 0.1) is 0 Å². The average Bonchev–Trinajstić information content (AvgIpc) is 3.09. The van der Waals surface area contributed by atoms with Gasteiger partial charge in [-0.2, -0.15) is 0 Å². The lowest BCUT2D eigenvalue weighted by molar-refractivity contribution is 0.925. The maximum atomic E-state index is 5.38. The van der Waals surface area contributed by atoms with Crippen LogP contribution >= 0.6 is 12.2 Å². The van der Waals surface area contributed by atoms with Crippen molar-refractivity contribution in [2.45, 2.75) is 19.4 Å². The Labute approximate surface area is 137 Å². The fourth-order valence-corrected chi connectivity index (χ4v) is 2.90. The molecule has 0 bridgehead atoms. The minimum atomic E-state index is 0.655. The van der Waals surface area contributed by atoms with Gasteiger partial charge in [-0.05, 0) is 48.8 Å². The van der Waals surface area contributed by atoms with E-state index in [1.54, 1.807) is 0 Å². The van der Waals surface area contributed by atoms with Crippen LogP contribution in [0.4, 0.5) is 11.4 Å². The van der Waals surface area contributed by atoms with Crippen LogP contribution in [0.25, 0.3) is 0 Å². The maximum absolute atomic E-state index is 5.38. The fourth-order valence-electron chi connectivity index (χ4n) is 2.71. The van der Waals surface area contributed by atoms with Crippen LogP contribution in [0, 0.1) is 0 Å². The van der Waals surface area contributed by atoms with Crippen LogP contribution in [0.15, 0.2) is 54.6 Å². The molecule has 2 N–H and O–H groups in total. The molecule has 22 heavy (non-hydrogen) atoms. The normalized spacial score (nSPS) is 13.9. The third-order valence-electron chi connectivity index (χ3n) is 3.87. The van der Waals surface area contributed by atoms with E-state index in [1.807, 2.05) is 18.2 Å². The van der Waals surface area contributed by atoms with Crippen molar-refractivity contribution in [3.05, 3.63) is 60.2 Å². The van der Waals surface area contributed by atoms with E-state index in [4.69, 9.17) is 12.2 Å². The molecule has 0 unspecified atom stereocenters. The number of rotatable bonds is 4. The smallest absolute Gasteiger partial charge is 0.171 e. The van der Waals surface area contributed by atoms with Crippen LogP contribution in [0.2, 0.25) is 0 Å². The molecule has 0 saturated carbocycles. The van der Waals surface area contributed by atoms with Crippen LogP contribution < -0.4 is 15.5 Å². The number of benzene rings is 2. The number of thiocarbonyl (C=S) groups is 1. The molecule has 1 fully saturated rings. The standard InChI is InChI=1S/C18H21N3S/c22-18(19-14-15-7-2-1-3-8-15)20-16-9-6-10-17(13-16)21-11-4-5-12-21/h1-3,6-10,13H,4-5,11-12,14H2,(H2,19,20,22). The molecule has 1 saturated heterocycles. The summed E-state index contributed by atoms with van der Waals surface area (Å²) >= 11 is 5.38. The van der Waals surface area contributed by atoms with Gasteiger partial charge in [0.15, 0.2) is 5.11 Å². The van der Waals surface area contributed by atoms with Gasteiger partial charge in [0.25, 0.3) is 0 Å². The van der Waals surface area contributed by atoms with Gasteiger partial charge in [0.2, 0.25) is 0 Å². The predicted molar refractivity (Wildman–Crippen MR) is 97.4 cm³/mol. The highest BCUT2D eigenvalue weighted by Gasteiger charge is 2.12. The monoisotopic (exact) mass is 311 g/mol. The highest BCUT2D eigenvalue weighted by atomic mass is 32.1.